The molecule has 2 N–H and O–H groups in total. The smallest absolute Gasteiger partial charge is 0.237 e. The van der Waals surface area contributed by atoms with Gasteiger partial charge in [0.2, 0.25) is 5.91 Å². The van der Waals surface area contributed by atoms with Crippen LogP contribution in [-0.2, 0) is 11.3 Å². The van der Waals surface area contributed by atoms with Crippen LogP contribution in [0.4, 0.5) is 0 Å². The fourth-order valence-corrected chi connectivity index (χ4v) is 0.705. The number of aldehydes is 1. The van der Waals surface area contributed by atoms with Crippen LogP contribution in [0.3, 0.4) is 0 Å². The Kier molecular flexibility index (Phi) is 2.00. The van der Waals surface area contributed by atoms with Crippen LogP contribution in [-0.4, -0.2) is 21.7 Å². The molecule has 0 unspecified atom stereocenters. The molecule has 1 rings (SSSR count). The van der Waals surface area contributed by atoms with Gasteiger partial charge in [0.05, 0.1) is 6.33 Å². The predicted octanol–water partition coefficient (Wildman–Crippen LogP) is -0.819. The Hall–Kier alpha value is -1.65. The Morgan fingerprint density at radius 3 is 3.00 bits per heavy atom. The largest absolute Gasteiger partial charge is 0.368 e. The van der Waals surface area contributed by atoms with Crippen molar-refractivity contribution in [1.29, 1.82) is 0 Å². The second-order valence-electron chi connectivity index (χ2n) is 2.06. The minimum Gasteiger partial charge on any atom is -0.368 e. The molecule has 5 nitrogen and oxygen atoms in total. The Balaban J connectivity index is 2.72. The van der Waals surface area contributed by atoms with Crippen LogP contribution in [0.25, 0.3) is 0 Å². The number of rotatable bonds is 3. The SMILES string of the molecule is NC(=O)Cn1cnc(C=O)c1. The Bertz CT molecular complexity index is 279. The van der Waals surface area contributed by atoms with E-state index in [0.29, 0.717) is 12.0 Å². The fourth-order valence-electron chi connectivity index (χ4n) is 0.705. The Morgan fingerprint density at radius 1 is 1.82 bits per heavy atom. The second kappa shape index (κ2) is 2.96. The van der Waals surface area contributed by atoms with Crippen LogP contribution in [0.15, 0.2) is 12.5 Å². The Morgan fingerprint density at radius 2 is 2.55 bits per heavy atom. The van der Waals surface area contributed by atoms with Gasteiger partial charge in [-0.05, 0) is 0 Å². The first-order chi connectivity index (χ1) is 5.22. The van der Waals surface area contributed by atoms with E-state index in [9.17, 15) is 9.59 Å². The van der Waals surface area contributed by atoms with Gasteiger partial charge in [-0.2, -0.15) is 0 Å². The number of hydrogen-bond acceptors (Lipinski definition) is 3. The van der Waals surface area contributed by atoms with Crippen molar-refractivity contribution in [2.45, 2.75) is 6.54 Å². The number of primary amides is 1. The second-order valence-corrected chi connectivity index (χ2v) is 2.06. The summed E-state index contributed by atoms with van der Waals surface area (Å²) in [6, 6.07) is 0. The van der Waals surface area contributed by atoms with Crippen LogP contribution < -0.4 is 5.73 Å². The van der Waals surface area contributed by atoms with Gasteiger partial charge in [-0.3, -0.25) is 9.59 Å². The van der Waals surface area contributed by atoms with Gasteiger partial charge in [0.15, 0.2) is 6.29 Å². The third-order valence-electron chi connectivity index (χ3n) is 1.11. The van der Waals surface area contributed by atoms with Gasteiger partial charge in [-0.25, -0.2) is 4.98 Å². The van der Waals surface area contributed by atoms with Gasteiger partial charge < -0.3 is 10.3 Å². The zero-order chi connectivity index (χ0) is 8.27. The molecule has 0 atom stereocenters. The molecule has 58 valence electrons. The van der Waals surface area contributed by atoms with Crippen molar-refractivity contribution in [1.82, 2.24) is 9.55 Å². The zero-order valence-corrected chi connectivity index (χ0v) is 5.73. The van der Waals surface area contributed by atoms with E-state index in [4.69, 9.17) is 5.73 Å². The van der Waals surface area contributed by atoms with Gasteiger partial charge in [-0.1, -0.05) is 0 Å². The molecule has 1 aromatic heterocycles. The third-order valence-corrected chi connectivity index (χ3v) is 1.11. The lowest BCUT2D eigenvalue weighted by molar-refractivity contribution is -0.118. The summed E-state index contributed by atoms with van der Waals surface area (Å²) >= 11 is 0. The van der Waals surface area contributed by atoms with Gasteiger partial charge in [0.25, 0.3) is 0 Å². The molecular formula is C6H7N3O2. The Labute approximate surface area is 62.8 Å². The highest BCUT2D eigenvalue weighted by molar-refractivity contribution is 5.74. The number of imidazole rings is 1. The highest BCUT2D eigenvalue weighted by Gasteiger charge is 1.98. The van der Waals surface area contributed by atoms with Crippen LogP contribution in [0.2, 0.25) is 0 Å². The summed E-state index contributed by atoms with van der Waals surface area (Å²) in [7, 11) is 0. The number of hydrogen-bond donors (Lipinski definition) is 1. The average Bonchev–Trinajstić information content (AvgIpc) is 2.34. The summed E-state index contributed by atoms with van der Waals surface area (Å²) in [5.41, 5.74) is 5.20. The van der Waals surface area contributed by atoms with Gasteiger partial charge in [0.1, 0.15) is 12.2 Å². The van der Waals surface area contributed by atoms with Crippen LogP contribution in [0.5, 0.6) is 0 Å². The van der Waals surface area contributed by atoms with Crippen molar-refractivity contribution < 1.29 is 9.59 Å². The van der Waals surface area contributed by atoms with Crippen molar-refractivity contribution in [3.05, 3.63) is 18.2 Å². The summed E-state index contributed by atoms with van der Waals surface area (Å²) in [5.74, 6) is -0.458. The van der Waals surface area contributed by atoms with Crippen molar-refractivity contribution in [3.63, 3.8) is 0 Å². The number of nitrogens with two attached hydrogens (primary N) is 1. The first kappa shape index (κ1) is 7.46. The van der Waals surface area contributed by atoms with Crippen molar-refractivity contribution in [3.8, 4) is 0 Å². The molecule has 0 saturated heterocycles. The third kappa shape index (κ3) is 1.89. The molecule has 0 spiro atoms. The first-order valence-electron chi connectivity index (χ1n) is 2.97. The normalized spacial score (nSPS) is 9.45. The highest BCUT2D eigenvalue weighted by atomic mass is 16.1. The van der Waals surface area contributed by atoms with Gasteiger partial charge >= 0.3 is 0 Å². The maximum Gasteiger partial charge on any atom is 0.237 e. The molecule has 0 aliphatic heterocycles. The topological polar surface area (TPSA) is 78.0 Å². The van der Waals surface area contributed by atoms with E-state index in [2.05, 4.69) is 4.98 Å². The molecule has 0 bridgehead atoms. The van der Waals surface area contributed by atoms with E-state index in [-0.39, 0.29) is 6.54 Å². The lowest BCUT2D eigenvalue weighted by Gasteiger charge is -1.93. The molecule has 0 fully saturated rings. The van der Waals surface area contributed by atoms with E-state index < -0.39 is 5.91 Å². The predicted molar refractivity (Wildman–Crippen MR) is 36.8 cm³/mol. The molecule has 0 saturated carbocycles. The summed E-state index contributed by atoms with van der Waals surface area (Å²) in [6.45, 7) is 0.0564. The summed E-state index contributed by atoms with van der Waals surface area (Å²) in [6.07, 6.45) is 3.45. The lowest BCUT2D eigenvalue weighted by Crippen LogP contribution is -2.17. The summed E-state index contributed by atoms with van der Waals surface area (Å²) in [4.78, 5) is 24.1. The monoisotopic (exact) mass is 153 g/mol. The molecule has 0 radical (unpaired) electrons. The number of carbonyl (C=O) groups is 2. The number of nitrogens with zero attached hydrogens (tertiary/aromatic N) is 2. The molecule has 5 heteroatoms. The average molecular weight is 153 g/mol. The van der Waals surface area contributed by atoms with E-state index >= 15 is 0 Å². The maximum absolute atomic E-state index is 10.4. The zero-order valence-electron chi connectivity index (χ0n) is 5.73. The number of amides is 1. The molecule has 1 heterocycles. The molecule has 11 heavy (non-hydrogen) atoms. The standard InChI is InChI=1S/C6H7N3O2/c7-6(11)2-9-1-5(3-10)8-4-9/h1,3-4H,2H2,(H2,7,11). The highest BCUT2D eigenvalue weighted by Crippen LogP contribution is 1.90. The number of aromatic nitrogens is 2. The molecule has 1 amide bonds. The molecule has 1 aromatic rings. The van der Waals surface area contributed by atoms with Gasteiger partial charge in [-0.15, -0.1) is 0 Å². The molecular weight excluding hydrogens is 146 g/mol. The van der Waals surface area contributed by atoms with E-state index in [1.165, 1.54) is 17.1 Å². The van der Waals surface area contributed by atoms with Crippen LogP contribution in [0.1, 0.15) is 10.5 Å². The maximum atomic E-state index is 10.4. The van der Waals surface area contributed by atoms with E-state index in [1.807, 2.05) is 0 Å². The first-order valence-corrected chi connectivity index (χ1v) is 2.97. The van der Waals surface area contributed by atoms with Gasteiger partial charge in [0, 0.05) is 6.20 Å². The summed E-state index contributed by atoms with van der Waals surface area (Å²) < 4.78 is 1.45. The van der Waals surface area contributed by atoms with Crippen LogP contribution >= 0.6 is 0 Å². The lowest BCUT2D eigenvalue weighted by atomic mass is 10.5. The van der Waals surface area contributed by atoms with Crippen LogP contribution in [0, 0.1) is 0 Å². The van der Waals surface area contributed by atoms with Crippen molar-refractivity contribution >= 4 is 12.2 Å². The molecule has 0 aromatic carbocycles. The quantitative estimate of drug-likeness (QED) is 0.576. The summed E-state index contributed by atoms with van der Waals surface area (Å²) in [5, 5.41) is 0. The number of carbonyl (C=O) groups excluding carboxylic acids is 2. The molecule has 0 aliphatic carbocycles. The van der Waals surface area contributed by atoms with Crippen molar-refractivity contribution in [2.75, 3.05) is 0 Å². The minimum atomic E-state index is -0.458. The van der Waals surface area contributed by atoms with Crippen molar-refractivity contribution in [2.24, 2.45) is 5.73 Å². The minimum absolute atomic E-state index is 0.0564. The fraction of sp³-hybridized carbons (Fsp3) is 0.167. The molecule has 0 aliphatic rings. The van der Waals surface area contributed by atoms with E-state index in [0.717, 1.165) is 0 Å². The van der Waals surface area contributed by atoms with E-state index in [1.54, 1.807) is 0 Å².